The largest absolute Gasteiger partial charge is 0.383 e. The molecule has 1 aliphatic rings. The summed E-state index contributed by atoms with van der Waals surface area (Å²) in [5.41, 5.74) is 2.31. The van der Waals surface area contributed by atoms with Crippen LogP contribution in [0, 0.1) is 0 Å². The number of thiophene rings is 1. The van der Waals surface area contributed by atoms with Gasteiger partial charge in [-0.05, 0) is 35.1 Å². The van der Waals surface area contributed by atoms with E-state index in [1.807, 2.05) is 66.0 Å². The van der Waals surface area contributed by atoms with Crippen molar-refractivity contribution >= 4 is 23.2 Å². The maximum atomic E-state index is 13.5. The molecule has 3 aromatic rings. The summed E-state index contributed by atoms with van der Waals surface area (Å²) >= 11 is 1.69. The first-order chi connectivity index (χ1) is 15.2. The lowest BCUT2D eigenvalue weighted by Crippen LogP contribution is -2.48. The monoisotopic (exact) mass is 434 g/mol. The molecule has 1 aromatic heterocycles. The number of nitrogens with one attached hydrogen (secondary N) is 1. The molecule has 1 aliphatic heterocycles. The van der Waals surface area contributed by atoms with Crippen LogP contribution in [0.1, 0.15) is 38.3 Å². The number of amides is 2. The molecule has 5 nitrogen and oxygen atoms in total. The Bertz CT molecular complexity index is 1020. The van der Waals surface area contributed by atoms with Gasteiger partial charge in [0.2, 0.25) is 5.91 Å². The second-order valence-electron chi connectivity index (χ2n) is 7.53. The minimum Gasteiger partial charge on any atom is -0.383 e. The first-order valence-electron chi connectivity index (χ1n) is 10.4. The van der Waals surface area contributed by atoms with E-state index in [0.29, 0.717) is 25.3 Å². The van der Waals surface area contributed by atoms with Gasteiger partial charge in [0.25, 0.3) is 5.91 Å². The molecule has 0 aliphatic carbocycles. The first-order valence-corrected chi connectivity index (χ1v) is 11.3. The molecule has 2 atom stereocenters. The molecule has 0 fully saturated rings. The van der Waals surface area contributed by atoms with Crippen molar-refractivity contribution in [3.05, 3.63) is 93.7 Å². The van der Waals surface area contributed by atoms with Gasteiger partial charge in [-0.3, -0.25) is 9.59 Å². The van der Waals surface area contributed by atoms with Crippen LogP contribution in [-0.4, -0.2) is 43.5 Å². The molecular weight excluding hydrogens is 408 g/mol. The molecule has 6 heteroatoms. The number of rotatable bonds is 8. The number of ether oxygens (including phenoxy) is 1. The summed E-state index contributed by atoms with van der Waals surface area (Å²) in [6.07, 6.45) is 0.792. The Morgan fingerprint density at radius 2 is 1.84 bits per heavy atom. The lowest BCUT2D eigenvalue weighted by molar-refractivity contribution is -0.124. The number of benzene rings is 2. The Hall–Kier alpha value is -2.96. The highest BCUT2D eigenvalue weighted by atomic mass is 32.1. The Kier molecular flexibility index (Phi) is 6.79. The van der Waals surface area contributed by atoms with Crippen LogP contribution >= 0.6 is 11.3 Å². The molecule has 0 bridgehead atoms. The van der Waals surface area contributed by atoms with Gasteiger partial charge >= 0.3 is 0 Å². The number of hydrogen-bond acceptors (Lipinski definition) is 4. The van der Waals surface area contributed by atoms with Crippen LogP contribution in [0.5, 0.6) is 0 Å². The zero-order valence-electron chi connectivity index (χ0n) is 17.5. The van der Waals surface area contributed by atoms with Crippen molar-refractivity contribution in [1.29, 1.82) is 0 Å². The van der Waals surface area contributed by atoms with Gasteiger partial charge in [0.05, 0.1) is 18.6 Å². The Balaban J connectivity index is 1.69. The van der Waals surface area contributed by atoms with Crippen molar-refractivity contribution in [3.63, 3.8) is 0 Å². The fourth-order valence-electron chi connectivity index (χ4n) is 4.21. The smallest absolute Gasteiger partial charge is 0.254 e. The molecule has 0 saturated carbocycles. The summed E-state index contributed by atoms with van der Waals surface area (Å²) in [6.45, 7) is 1.39. The quantitative estimate of drug-likeness (QED) is 0.582. The molecule has 0 spiro atoms. The number of fused-ring (bicyclic) bond motifs is 1. The topological polar surface area (TPSA) is 58.6 Å². The van der Waals surface area contributed by atoms with Crippen molar-refractivity contribution in [2.45, 2.75) is 18.4 Å². The molecule has 2 aromatic carbocycles. The lowest BCUT2D eigenvalue weighted by atomic mass is 9.79. The van der Waals surface area contributed by atoms with Gasteiger partial charge in [-0.2, -0.15) is 0 Å². The van der Waals surface area contributed by atoms with Crippen LogP contribution in [0.3, 0.4) is 0 Å². The summed E-state index contributed by atoms with van der Waals surface area (Å²) in [7, 11) is 1.62. The fourth-order valence-corrected chi connectivity index (χ4v) is 4.91. The van der Waals surface area contributed by atoms with Crippen molar-refractivity contribution < 1.29 is 14.3 Å². The fraction of sp³-hybridized carbons (Fsp3) is 0.280. The van der Waals surface area contributed by atoms with Crippen LogP contribution in [0.4, 0.5) is 0 Å². The maximum absolute atomic E-state index is 13.5. The third-order valence-corrected chi connectivity index (χ3v) is 6.59. The predicted octanol–water partition coefficient (Wildman–Crippen LogP) is 4.03. The van der Waals surface area contributed by atoms with Gasteiger partial charge in [-0.1, -0.05) is 54.6 Å². The van der Waals surface area contributed by atoms with Gasteiger partial charge in [0.15, 0.2) is 0 Å². The highest BCUT2D eigenvalue weighted by Crippen LogP contribution is 2.42. The van der Waals surface area contributed by atoms with Crippen LogP contribution in [0.25, 0.3) is 0 Å². The highest BCUT2D eigenvalue weighted by Gasteiger charge is 2.43. The summed E-state index contributed by atoms with van der Waals surface area (Å²) < 4.78 is 5.27. The molecule has 0 saturated heterocycles. The maximum Gasteiger partial charge on any atom is 0.254 e. The van der Waals surface area contributed by atoms with E-state index in [0.717, 1.165) is 17.5 Å². The number of carbonyl (C=O) groups excluding carboxylic acids is 2. The molecule has 2 amide bonds. The molecule has 160 valence electrons. The second kappa shape index (κ2) is 9.90. The average Bonchev–Trinajstić information content (AvgIpc) is 3.32. The average molecular weight is 435 g/mol. The van der Waals surface area contributed by atoms with Crippen molar-refractivity contribution in [1.82, 2.24) is 10.2 Å². The zero-order chi connectivity index (χ0) is 21.6. The van der Waals surface area contributed by atoms with E-state index in [1.165, 1.54) is 4.88 Å². The lowest BCUT2D eigenvalue weighted by Gasteiger charge is -2.41. The number of carbonyl (C=O) groups is 2. The summed E-state index contributed by atoms with van der Waals surface area (Å²) in [4.78, 5) is 29.9. The van der Waals surface area contributed by atoms with Crippen LogP contribution in [0.15, 0.2) is 72.1 Å². The van der Waals surface area contributed by atoms with Gasteiger partial charge in [-0.15, -0.1) is 11.3 Å². The zero-order valence-corrected chi connectivity index (χ0v) is 18.3. The van der Waals surface area contributed by atoms with E-state index in [1.54, 1.807) is 23.3 Å². The van der Waals surface area contributed by atoms with E-state index in [4.69, 9.17) is 4.74 Å². The van der Waals surface area contributed by atoms with Crippen LogP contribution in [0.2, 0.25) is 0 Å². The molecule has 31 heavy (non-hydrogen) atoms. The SMILES string of the molecule is COCCN1C(=O)c2ccccc2[C@@H](C(=O)NCCc2cccs2)[C@H]1c1ccccc1. The minimum absolute atomic E-state index is 0.0622. The summed E-state index contributed by atoms with van der Waals surface area (Å²) in [6, 6.07) is 21.0. The minimum atomic E-state index is -0.489. The van der Waals surface area contributed by atoms with Gasteiger partial charge in [0, 0.05) is 30.6 Å². The second-order valence-corrected chi connectivity index (χ2v) is 8.56. The Morgan fingerprint density at radius 1 is 1.06 bits per heavy atom. The third-order valence-electron chi connectivity index (χ3n) is 5.65. The highest BCUT2D eigenvalue weighted by molar-refractivity contribution is 7.09. The van der Waals surface area contributed by atoms with E-state index in [2.05, 4.69) is 11.4 Å². The van der Waals surface area contributed by atoms with Crippen molar-refractivity contribution in [3.8, 4) is 0 Å². The number of hydrogen-bond donors (Lipinski definition) is 1. The van der Waals surface area contributed by atoms with E-state index in [9.17, 15) is 9.59 Å². The third kappa shape index (κ3) is 4.55. The molecule has 1 N–H and O–H groups in total. The number of methoxy groups -OCH3 is 1. The molecule has 4 rings (SSSR count). The van der Waals surface area contributed by atoms with Crippen molar-refractivity contribution in [2.24, 2.45) is 0 Å². The Labute approximate surface area is 186 Å². The van der Waals surface area contributed by atoms with Gasteiger partial charge in [-0.25, -0.2) is 0 Å². The summed E-state index contributed by atoms with van der Waals surface area (Å²) in [5.74, 6) is -0.617. The van der Waals surface area contributed by atoms with Crippen LogP contribution < -0.4 is 5.32 Å². The van der Waals surface area contributed by atoms with E-state index < -0.39 is 5.92 Å². The van der Waals surface area contributed by atoms with E-state index in [-0.39, 0.29) is 17.9 Å². The molecule has 0 unspecified atom stereocenters. The standard InChI is InChI=1S/C25H26N2O3S/c1-30-16-15-27-23(18-8-3-2-4-9-18)22(20-11-5-6-12-21(20)25(27)29)24(28)26-14-13-19-10-7-17-31-19/h2-12,17,22-23H,13-16H2,1H3,(H,26,28)/t22-,23-/m1/s1. The molecular formula is C25H26N2O3S. The molecule has 0 radical (unpaired) electrons. The normalized spacial score (nSPS) is 18.0. The van der Waals surface area contributed by atoms with Crippen LogP contribution in [-0.2, 0) is 16.0 Å². The first kappa shape index (κ1) is 21.3. The molecule has 2 heterocycles. The predicted molar refractivity (Wildman–Crippen MR) is 122 cm³/mol. The summed E-state index contributed by atoms with van der Waals surface area (Å²) in [5, 5.41) is 5.16. The van der Waals surface area contributed by atoms with Gasteiger partial charge in [0.1, 0.15) is 0 Å². The Morgan fingerprint density at radius 3 is 2.58 bits per heavy atom. The van der Waals surface area contributed by atoms with Crippen molar-refractivity contribution in [2.75, 3.05) is 26.8 Å². The number of nitrogens with zero attached hydrogens (tertiary/aromatic N) is 1. The van der Waals surface area contributed by atoms with Gasteiger partial charge < -0.3 is 15.0 Å². The van der Waals surface area contributed by atoms with E-state index >= 15 is 0 Å².